The molecule has 0 spiro atoms. The van der Waals surface area contributed by atoms with Gasteiger partial charge in [0.25, 0.3) is 0 Å². The number of carbonyl (C=O) groups is 1. The lowest BCUT2D eigenvalue weighted by Crippen LogP contribution is -2.44. The van der Waals surface area contributed by atoms with Crippen molar-refractivity contribution in [3.63, 3.8) is 0 Å². The monoisotopic (exact) mass is 229 g/mol. The van der Waals surface area contributed by atoms with E-state index < -0.39 is 0 Å². The van der Waals surface area contributed by atoms with Crippen LogP contribution in [0.4, 0.5) is 0 Å². The maximum absolute atomic E-state index is 11.6. The van der Waals surface area contributed by atoms with Crippen LogP contribution in [0.2, 0.25) is 0 Å². The third kappa shape index (κ3) is 4.46. The molecule has 0 bridgehead atoms. The normalized spacial score (nSPS) is 14.5. The van der Waals surface area contributed by atoms with Crippen molar-refractivity contribution in [1.29, 1.82) is 0 Å². The van der Waals surface area contributed by atoms with Crippen molar-refractivity contribution in [2.24, 2.45) is 0 Å². The average Bonchev–Trinajstić information content (AvgIpc) is 3.00. The Morgan fingerprint density at radius 3 is 2.47 bits per heavy atom. The maximum Gasteiger partial charge on any atom is 0.241 e. The Kier molecular flexibility index (Phi) is 4.81. The number of nitrogens with zero attached hydrogens (tertiary/aromatic N) is 1. The standard InChI is InChI=1S/C10H19N3OS/c1-3-13(4-2)9(14)7-11-10(15)12-8-5-6-8/h8H,3-7H2,1-2H3,(H2,11,12,15). The highest BCUT2D eigenvalue weighted by Crippen LogP contribution is 2.18. The summed E-state index contributed by atoms with van der Waals surface area (Å²) in [5.41, 5.74) is 0. The molecule has 1 aliphatic carbocycles. The molecule has 0 saturated heterocycles. The van der Waals surface area contributed by atoms with Gasteiger partial charge in [-0.3, -0.25) is 4.79 Å². The highest BCUT2D eigenvalue weighted by molar-refractivity contribution is 7.80. The van der Waals surface area contributed by atoms with Crippen molar-refractivity contribution in [1.82, 2.24) is 15.5 Å². The van der Waals surface area contributed by atoms with Gasteiger partial charge in [-0.25, -0.2) is 0 Å². The summed E-state index contributed by atoms with van der Waals surface area (Å²) in [4.78, 5) is 13.4. The van der Waals surface area contributed by atoms with Crippen LogP contribution in [0.15, 0.2) is 0 Å². The number of rotatable bonds is 5. The minimum Gasteiger partial charge on any atom is -0.360 e. The van der Waals surface area contributed by atoms with Crippen LogP contribution in [0.1, 0.15) is 26.7 Å². The van der Waals surface area contributed by atoms with Gasteiger partial charge in [0.2, 0.25) is 5.91 Å². The second kappa shape index (κ2) is 5.90. The van der Waals surface area contributed by atoms with Crippen LogP contribution in [0.3, 0.4) is 0 Å². The average molecular weight is 229 g/mol. The second-order valence-corrected chi connectivity index (χ2v) is 4.08. The van der Waals surface area contributed by atoms with Crippen molar-refractivity contribution < 1.29 is 4.79 Å². The summed E-state index contributed by atoms with van der Waals surface area (Å²) in [5.74, 6) is 0.0972. The van der Waals surface area contributed by atoms with E-state index in [9.17, 15) is 4.79 Å². The van der Waals surface area contributed by atoms with Gasteiger partial charge in [0.05, 0.1) is 6.54 Å². The largest absolute Gasteiger partial charge is 0.360 e. The van der Waals surface area contributed by atoms with Gasteiger partial charge in [0.1, 0.15) is 0 Å². The summed E-state index contributed by atoms with van der Waals surface area (Å²) < 4.78 is 0. The summed E-state index contributed by atoms with van der Waals surface area (Å²) in [6.07, 6.45) is 2.37. The predicted octanol–water partition coefficient (Wildman–Crippen LogP) is 0.481. The van der Waals surface area contributed by atoms with E-state index in [1.165, 1.54) is 12.8 Å². The lowest BCUT2D eigenvalue weighted by Gasteiger charge is -2.19. The van der Waals surface area contributed by atoms with Crippen molar-refractivity contribution in [3.8, 4) is 0 Å². The van der Waals surface area contributed by atoms with Crippen LogP contribution in [-0.2, 0) is 4.79 Å². The highest BCUT2D eigenvalue weighted by atomic mass is 32.1. The first-order valence-corrected chi connectivity index (χ1v) is 5.90. The summed E-state index contributed by atoms with van der Waals surface area (Å²) >= 11 is 5.05. The summed E-state index contributed by atoms with van der Waals surface area (Å²) in [6, 6.07) is 0.536. The molecule has 15 heavy (non-hydrogen) atoms. The number of hydrogen-bond acceptors (Lipinski definition) is 2. The minimum absolute atomic E-state index is 0.0972. The Balaban J connectivity index is 2.16. The van der Waals surface area contributed by atoms with E-state index in [0.29, 0.717) is 17.7 Å². The summed E-state index contributed by atoms with van der Waals surface area (Å²) in [5, 5.41) is 6.66. The third-order valence-electron chi connectivity index (χ3n) is 2.43. The Morgan fingerprint density at radius 1 is 1.40 bits per heavy atom. The van der Waals surface area contributed by atoms with E-state index in [1.807, 2.05) is 13.8 Å². The molecule has 0 heterocycles. The van der Waals surface area contributed by atoms with Gasteiger partial charge in [-0.15, -0.1) is 0 Å². The fraction of sp³-hybridized carbons (Fsp3) is 0.800. The number of hydrogen-bond donors (Lipinski definition) is 2. The fourth-order valence-corrected chi connectivity index (χ4v) is 1.55. The van der Waals surface area contributed by atoms with Crippen LogP contribution in [-0.4, -0.2) is 41.6 Å². The molecule has 0 aromatic carbocycles. The van der Waals surface area contributed by atoms with E-state index in [4.69, 9.17) is 12.2 Å². The lowest BCUT2D eigenvalue weighted by atomic mass is 10.4. The molecule has 1 aliphatic rings. The Labute approximate surface area is 96.4 Å². The molecule has 1 saturated carbocycles. The van der Waals surface area contributed by atoms with Crippen molar-refractivity contribution >= 4 is 23.2 Å². The topological polar surface area (TPSA) is 44.4 Å². The van der Waals surface area contributed by atoms with Crippen molar-refractivity contribution in [2.45, 2.75) is 32.7 Å². The first-order valence-electron chi connectivity index (χ1n) is 5.49. The molecule has 5 heteroatoms. The van der Waals surface area contributed by atoms with Gasteiger partial charge >= 0.3 is 0 Å². The Morgan fingerprint density at radius 2 is 2.00 bits per heavy atom. The SMILES string of the molecule is CCN(CC)C(=O)CNC(=S)NC1CC1. The van der Waals surface area contributed by atoms with Crippen LogP contribution in [0.25, 0.3) is 0 Å². The zero-order chi connectivity index (χ0) is 11.3. The molecule has 0 aliphatic heterocycles. The molecule has 0 aromatic heterocycles. The van der Waals surface area contributed by atoms with Gasteiger partial charge in [-0.1, -0.05) is 0 Å². The van der Waals surface area contributed by atoms with Crippen molar-refractivity contribution in [3.05, 3.63) is 0 Å². The van der Waals surface area contributed by atoms with Gasteiger partial charge in [-0.2, -0.15) is 0 Å². The minimum atomic E-state index is 0.0972. The number of likely N-dealkylation sites (N-methyl/N-ethyl adjacent to an activating group) is 1. The van der Waals surface area contributed by atoms with Gasteiger partial charge in [-0.05, 0) is 38.9 Å². The zero-order valence-corrected chi connectivity index (χ0v) is 10.2. The van der Waals surface area contributed by atoms with E-state index in [1.54, 1.807) is 4.90 Å². The molecule has 1 fully saturated rings. The first-order chi connectivity index (χ1) is 7.17. The summed E-state index contributed by atoms with van der Waals surface area (Å²) in [6.45, 7) is 5.74. The van der Waals surface area contributed by atoms with Gasteiger partial charge < -0.3 is 15.5 Å². The maximum atomic E-state index is 11.6. The smallest absolute Gasteiger partial charge is 0.241 e. The Bertz CT molecular complexity index is 237. The molecule has 0 radical (unpaired) electrons. The molecule has 86 valence electrons. The third-order valence-corrected chi connectivity index (χ3v) is 2.69. The number of nitrogens with one attached hydrogen (secondary N) is 2. The van der Waals surface area contributed by atoms with E-state index >= 15 is 0 Å². The summed E-state index contributed by atoms with van der Waals surface area (Å²) in [7, 11) is 0. The first kappa shape index (κ1) is 12.2. The molecule has 0 unspecified atom stereocenters. The number of carbonyl (C=O) groups excluding carboxylic acids is 1. The highest BCUT2D eigenvalue weighted by Gasteiger charge is 2.21. The lowest BCUT2D eigenvalue weighted by molar-refractivity contribution is -0.129. The van der Waals surface area contributed by atoms with E-state index in [0.717, 1.165) is 13.1 Å². The van der Waals surface area contributed by atoms with E-state index in [-0.39, 0.29) is 5.91 Å². The molecule has 0 aromatic rings. The van der Waals surface area contributed by atoms with Crippen molar-refractivity contribution in [2.75, 3.05) is 19.6 Å². The van der Waals surface area contributed by atoms with Gasteiger partial charge in [0, 0.05) is 19.1 Å². The van der Waals surface area contributed by atoms with Crippen LogP contribution < -0.4 is 10.6 Å². The van der Waals surface area contributed by atoms with Crippen LogP contribution in [0.5, 0.6) is 0 Å². The molecular formula is C10H19N3OS. The fourth-order valence-electron chi connectivity index (χ4n) is 1.31. The second-order valence-electron chi connectivity index (χ2n) is 3.67. The molecular weight excluding hydrogens is 210 g/mol. The van der Waals surface area contributed by atoms with Crippen LogP contribution in [0, 0.1) is 0 Å². The van der Waals surface area contributed by atoms with Crippen LogP contribution >= 0.6 is 12.2 Å². The molecule has 2 N–H and O–H groups in total. The van der Waals surface area contributed by atoms with Gasteiger partial charge in [0.15, 0.2) is 5.11 Å². The molecule has 0 atom stereocenters. The van der Waals surface area contributed by atoms with E-state index in [2.05, 4.69) is 10.6 Å². The Hall–Kier alpha value is -0.840. The predicted molar refractivity (Wildman–Crippen MR) is 64.7 cm³/mol. The number of amides is 1. The molecule has 1 amide bonds. The number of thiocarbonyl (C=S) groups is 1. The zero-order valence-electron chi connectivity index (χ0n) is 9.38. The molecule has 1 rings (SSSR count). The molecule has 4 nitrogen and oxygen atoms in total. The quantitative estimate of drug-likeness (QED) is 0.673.